The molecule has 0 saturated heterocycles. The van der Waals surface area contributed by atoms with Gasteiger partial charge in [0, 0.05) is 13.1 Å². The van der Waals surface area contributed by atoms with Crippen molar-refractivity contribution in [2.24, 2.45) is 0 Å². The Morgan fingerprint density at radius 1 is 1.33 bits per heavy atom. The molecule has 0 aromatic carbocycles. The van der Waals surface area contributed by atoms with Crippen molar-refractivity contribution < 1.29 is 19.4 Å². The van der Waals surface area contributed by atoms with E-state index in [1.54, 1.807) is 6.92 Å². The lowest BCUT2D eigenvalue weighted by Gasteiger charge is -2.32. The maximum absolute atomic E-state index is 11.0. The summed E-state index contributed by atoms with van der Waals surface area (Å²) in [5.74, 6) is -0.330. The largest absolute Gasteiger partial charge is 0.464 e. The second-order valence-corrected chi connectivity index (χ2v) is 4.82. The van der Waals surface area contributed by atoms with Gasteiger partial charge in [0.2, 0.25) is 0 Å². The van der Waals surface area contributed by atoms with E-state index in [9.17, 15) is 9.90 Å². The van der Waals surface area contributed by atoms with Crippen molar-refractivity contribution in [3.8, 4) is 0 Å². The van der Waals surface area contributed by atoms with Gasteiger partial charge in [-0.15, -0.1) is 0 Å². The van der Waals surface area contributed by atoms with Crippen LogP contribution in [-0.2, 0) is 14.3 Å². The van der Waals surface area contributed by atoms with E-state index in [1.165, 1.54) is 6.42 Å². The van der Waals surface area contributed by atoms with Crippen LogP contribution in [-0.4, -0.2) is 49.6 Å². The Hall–Kier alpha value is -0.650. The van der Waals surface area contributed by atoms with Crippen molar-refractivity contribution >= 4 is 5.97 Å². The van der Waals surface area contributed by atoms with Crippen molar-refractivity contribution in [1.29, 1.82) is 0 Å². The van der Waals surface area contributed by atoms with Crippen molar-refractivity contribution in [2.75, 3.05) is 32.9 Å². The van der Waals surface area contributed by atoms with Crippen LogP contribution < -0.4 is 5.32 Å². The molecule has 106 valence electrons. The second-order valence-electron chi connectivity index (χ2n) is 4.82. The number of aliphatic hydroxyl groups is 1. The van der Waals surface area contributed by atoms with E-state index in [-0.39, 0.29) is 12.6 Å². The van der Waals surface area contributed by atoms with Gasteiger partial charge < -0.3 is 19.9 Å². The monoisotopic (exact) mass is 259 g/mol. The molecule has 1 fully saturated rings. The molecule has 1 aliphatic carbocycles. The standard InChI is InChI=1S/C13H25NO4/c1-2-18-12(15)10-17-9-8-14-11-13(16)6-4-3-5-7-13/h14,16H,2-11H2,1H3. The van der Waals surface area contributed by atoms with E-state index >= 15 is 0 Å². The van der Waals surface area contributed by atoms with E-state index in [0.717, 1.165) is 25.7 Å². The Labute approximate surface area is 109 Å². The fourth-order valence-electron chi connectivity index (χ4n) is 2.21. The van der Waals surface area contributed by atoms with Crippen molar-refractivity contribution in [3.05, 3.63) is 0 Å². The summed E-state index contributed by atoms with van der Waals surface area (Å²) in [5.41, 5.74) is -0.542. The topological polar surface area (TPSA) is 67.8 Å². The fraction of sp³-hybridized carbons (Fsp3) is 0.923. The van der Waals surface area contributed by atoms with Crippen molar-refractivity contribution in [2.45, 2.75) is 44.6 Å². The molecule has 0 bridgehead atoms. The van der Waals surface area contributed by atoms with E-state index < -0.39 is 5.60 Å². The maximum Gasteiger partial charge on any atom is 0.332 e. The van der Waals surface area contributed by atoms with Crippen LogP contribution in [0.5, 0.6) is 0 Å². The van der Waals surface area contributed by atoms with Crippen LogP contribution in [0.25, 0.3) is 0 Å². The highest BCUT2D eigenvalue weighted by Crippen LogP contribution is 2.27. The molecule has 0 spiro atoms. The van der Waals surface area contributed by atoms with E-state index in [1.807, 2.05) is 0 Å². The SMILES string of the molecule is CCOC(=O)COCCNCC1(O)CCCCC1. The molecule has 2 N–H and O–H groups in total. The minimum atomic E-state index is -0.542. The highest BCUT2D eigenvalue weighted by Gasteiger charge is 2.28. The predicted octanol–water partition coefficient (Wildman–Crippen LogP) is 0.851. The number of nitrogens with one attached hydrogen (secondary N) is 1. The Balaban J connectivity index is 1.96. The summed E-state index contributed by atoms with van der Waals surface area (Å²) in [6, 6.07) is 0. The average Bonchev–Trinajstić information content (AvgIpc) is 2.35. The summed E-state index contributed by atoms with van der Waals surface area (Å²) in [4.78, 5) is 11.0. The lowest BCUT2D eigenvalue weighted by molar-refractivity contribution is -0.148. The van der Waals surface area contributed by atoms with Crippen LogP contribution in [0.15, 0.2) is 0 Å². The molecule has 5 nitrogen and oxygen atoms in total. The highest BCUT2D eigenvalue weighted by atomic mass is 16.6. The molecule has 5 heteroatoms. The normalized spacial score (nSPS) is 18.6. The molecule has 18 heavy (non-hydrogen) atoms. The van der Waals surface area contributed by atoms with Crippen LogP contribution in [0.2, 0.25) is 0 Å². The lowest BCUT2D eigenvalue weighted by Crippen LogP contribution is -2.43. The van der Waals surface area contributed by atoms with E-state index in [0.29, 0.717) is 26.3 Å². The van der Waals surface area contributed by atoms with Gasteiger partial charge in [0.05, 0.1) is 18.8 Å². The average molecular weight is 259 g/mol. The zero-order chi connectivity index (χ0) is 13.3. The number of rotatable bonds is 8. The molecule has 1 saturated carbocycles. The molecule has 0 amide bonds. The third kappa shape index (κ3) is 6.33. The Morgan fingerprint density at radius 2 is 2.06 bits per heavy atom. The molecule has 1 aliphatic rings. The summed E-state index contributed by atoms with van der Waals surface area (Å²) in [7, 11) is 0. The van der Waals surface area contributed by atoms with Gasteiger partial charge in [0.25, 0.3) is 0 Å². The lowest BCUT2D eigenvalue weighted by atomic mass is 9.85. The predicted molar refractivity (Wildman–Crippen MR) is 68.4 cm³/mol. The molecule has 1 rings (SSSR count). The molecule has 0 aliphatic heterocycles. The maximum atomic E-state index is 11.0. The Morgan fingerprint density at radius 3 is 2.72 bits per heavy atom. The smallest absolute Gasteiger partial charge is 0.332 e. The summed E-state index contributed by atoms with van der Waals surface area (Å²) in [6.07, 6.45) is 5.20. The molecule has 0 unspecified atom stereocenters. The molecular formula is C13H25NO4. The number of hydrogen-bond donors (Lipinski definition) is 2. The number of carbonyl (C=O) groups is 1. The summed E-state index contributed by atoms with van der Waals surface area (Å²) in [6.45, 7) is 3.85. The Kier molecular flexibility index (Phi) is 7.23. The van der Waals surface area contributed by atoms with Crippen LogP contribution in [0, 0.1) is 0 Å². The fourth-order valence-corrected chi connectivity index (χ4v) is 2.21. The third-order valence-corrected chi connectivity index (χ3v) is 3.19. The summed E-state index contributed by atoms with van der Waals surface area (Å²) >= 11 is 0. The first kappa shape index (κ1) is 15.4. The minimum absolute atomic E-state index is 0.000210. The van der Waals surface area contributed by atoms with Gasteiger partial charge in [-0.1, -0.05) is 19.3 Å². The highest BCUT2D eigenvalue weighted by molar-refractivity contribution is 5.70. The summed E-state index contributed by atoms with van der Waals surface area (Å²) < 4.78 is 9.89. The first-order chi connectivity index (χ1) is 8.66. The molecule has 0 aromatic heterocycles. The molecule has 0 radical (unpaired) electrons. The van der Waals surface area contributed by atoms with Gasteiger partial charge >= 0.3 is 5.97 Å². The quantitative estimate of drug-likeness (QED) is 0.499. The third-order valence-electron chi connectivity index (χ3n) is 3.19. The van der Waals surface area contributed by atoms with Gasteiger partial charge in [-0.05, 0) is 19.8 Å². The molecular weight excluding hydrogens is 234 g/mol. The van der Waals surface area contributed by atoms with Gasteiger partial charge in [-0.2, -0.15) is 0 Å². The van der Waals surface area contributed by atoms with Gasteiger partial charge in [-0.25, -0.2) is 4.79 Å². The van der Waals surface area contributed by atoms with E-state index in [4.69, 9.17) is 9.47 Å². The van der Waals surface area contributed by atoms with Crippen molar-refractivity contribution in [3.63, 3.8) is 0 Å². The van der Waals surface area contributed by atoms with Gasteiger partial charge in [0.1, 0.15) is 6.61 Å². The van der Waals surface area contributed by atoms with Crippen LogP contribution in [0.4, 0.5) is 0 Å². The number of hydrogen-bond acceptors (Lipinski definition) is 5. The van der Waals surface area contributed by atoms with Crippen molar-refractivity contribution in [1.82, 2.24) is 5.32 Å². The molecule has 0 aromatic rings. The van der Waals surface area contributed by atoms with Gasteiger partial charge in [0.15, 0.2) is 0 Å². The number of carbonyl (C=O) groups excluding carboxylic acids is 1. The van der Waals surface area contributed by atoms with E-state index in [2.05, 4.69) is 5.32 Å². The second kappa shape index (κ2) is 8.45. The minimum Gasteiger partial charge on any atom is -0.464 e. The summed E-state index contributed by atoms with van der Waals surface area (Å²) in [5, 5.41) is 13.4. The molecule has 0 atom stereocenters. The van der Waals surface area contributed by atoms with Crippen LogP contribution >= 0.6 is 0 Å². The Bertz CT molecular complexity index is 239. The van der Waals surface area contributed by atoms with Crippen LogP contribution in [0.3, 0.4) is 0 Å². The van der Waals surface area contributed by atoms with Gasteiger partial charge in [-0.3, -0.25) is 0 Å². The number of ether oxygens (including phenoxy) is 2. The van der Waals surface area contributed by atoms with Crippen LogP contribution in [0.1, 0.15) is 39.0 Å². The first-order valence-corrected chi connectivity index (χ1v) is 6.83. The zero-order valence-electron chi connectivity index (χ0n) is 11.2. The first-order valence-electron chi connectivity index (χ1n) is 6.83. The number of esters is 1. The zero-order valence-corrected chi connectivity index (χ0v) is 11.2. The molecule has 0 heterocycles.